The van der Waals surface area contributed by atoms with Gasteiger partial charge >= 0.3 is 11.9 Å². The van der Waals surface area contributed by atoms with Crippen molar-refractivity contribution in [1.29, 1.82) is 0 Å². The molecule has 1 N–H and O–H groups in total. The first-order valence-corrected chi connectivity index (χ1v) is 28.8. The summed E-state index contributed by atoms with van der Waals surface area (Å²) < 4.78 is 40.1. The second-order valence-corrected chi connectivity index (χ2v) is 20.9. The summed E-state index contributed by atoms with van der Waals surface area (Å²) in [5.74, 6) is -0.179. The van der Waals surface area contributed by atoms with E-state index in [9.17, 15) is 18.0 Å². The monoisotopic (exact) mass is 940 g/mol. The van der Waals surface area contributed by atoms with Gasteiger partial charge in [0.1, 0.15) is 17.4 Å². The van der Waals surface area contributed by atoms with Crippen LogP contribution in [0.4, 0.5) is 0 Å². The molecule has 0 fully saturated rings. The van der Waals surface area contributed by atoms with E-state index in [4.69, 9.17) is 21.1 Å². The fourth-order valence-corrected chi connectivity index (χ4v) is 9.73. The number of hydrogen-bond acceptors (Lipinski definition) is 8. The summed E-state index contributed by atoms with van der Waals surface area (Å²) in [6, 6.07) is 3.30. The van der Waals surface area contributed by atoms with Crippen LogP contribution in [0.1, 0.15) is 258 Å². The quantitative estimate of drug-likeness (QED) is 0.0390. The predicted molar refractivity (Wildman–Crippen MR) is 270 cm³/mol. The number of sulfonamides is 1. The normalized spacial score (nSPS) is 12.4. The SMILES string of the molecule is CCCCCCCCC(CC)OC(=O)CCCCCCCN(CCCCCCCC(=O)OC(CCCCCCCC)CCCCCCCC)CCCNS(=O)(=O)Cc1ccc(Cl)nc1. The standard InChI is InChI=1S/C53H98ClN3O6S/c1-5-9-12-15-20-27-35-49(8-4)62-52(58)38-30-23-18-25-32-43-57(45-34-42-56-64(60,61)47-48-40-41-51(54)55-46-48)44-33-26-19-24-31-39-53(59)63-50(36-28-21-16-13-10-6-2)37-29-22-17-14-11-7-3/h40-41,46,49-50,56H,5-39,42-45,47H2,1-4H3. The van der Waals surface area contributed by atoms with Crippen molar-refractivity contribution in [2.45, 2.75) is 270 Å². The van der Waals surface area contributed by atoms with Gasteiger partial charge in [0.05, 0.1) is 5.75 Å². The van der Waals surface area contributed by atoms with Gasteiger partial charge in [0.25, 0.3) is 0 Å². The molecule has 0 aliphatic rings. The zero-order valence-electron chi connectivity index (χ0n) is 41.8. The van der Waals surface area contributed by atoms with Gasteiger partial charge in [-0.2, -0.15) is 0 Å². The number of carbonyl (C=O) groups excluding carboxylic acids is 2. The number of nitrogens with zero attached hydrogens (tertiary/aromatic N) is 2. The molecule has 0 saturated carbocycles. The molecular formula is C53H98ClN3O6S. The van der Waals surface area contributed by atoms with E-state index < -0.39 is 10.0 Å². The molecule has 64 heavy (non-hydrogen) atoms. The summed E-state index contributed by atoms with van der Waals surface area (Å²) >= 11 is 5.87. The maximum Gasteiger partial charge on any atom is 0.306 e. The summed E-state index contributed by atoms with van der Waals surface area (Å²) in [4.78, 5) is 31.9. The van der Waals surface area contributed by atoms with Gasteiger partial charge in [-0.15, -0.1) is 0 Å². The highest BCUT2D eigenvalue weighted by atomic mass is 35.5. The van der Waals surface area contributed by atoms with Crippen LogP contribution < -0.4 is 4.72 Å². The van der Waals surface area contributed by atoms with Crippen molar-refractivity contribution >= 4 is 33.6 Å². The molecule has 0 saturated heterocycles. The van der Waals surface area contributed by atoms with Crippen molar-refractivity contribution in [3.63, 3.8) is 0 Å². The van der Waals surface area contributed by atoms with E-state index in [2.05, 4.69) is 42.3 Å². The molecular weight excluding hydrogens is 842 g/mol. The Morgan fingerprint density at radius 2 is 0.969 bits per heavy atom. The van der Waals surface area contributed by atoms with Crippen molar-refractivity contribution in [2.24, 2.45) is 0 Å². The number of esters is 2. The lowest BCUT2D eigenvalue weighted by molar-refractivity contribution is -0.150. The molecule has 1 atom stereocenters. The highest BCUT2D eigenvalue weighted by molar-refractivity contribution is 7.88. The summed E-state index contributed by atoms with van der Waals surface area (Å²) in [6.07, 6.45) is 40.3. The molecule has 0 radical (unpaired) electrons. The molecule has 1 aromatic rings. The summed E-state index contributed by atoms with van der Waals surface area (Å²) in [7, 11) is -3.48. The second-order valence-electron chi connectivity index (χ2n) is 18.7. The lowest BCUT2D eigenvalue weighted by Crippen LogP contribution is -2.32. The van der Waals surface area contributed by atoms with Crippen LogP contribution in [-0.4, -0.2) is 68.6 Å². The van der Waals surface area contributed by atoms with Crippen LogP contribution in [-0.2, 0) is 34.8 Å². The average Bonchev–Trinajstić information content (AvgIpc) is 3.27. The van der Waals surface area contributed by atoms with Gasteiger partial charge in [-0.05, 0) is 108 Å². The number of carbonyl (C=O) groups is 2. The van der Waals surface area contributed by atoms with Gasteiger partial charge in [0.2, 0.25) is 10.0 Å². The maximum absolute atomic E-state index is 12.9. The van der Waals surface area contributed by atoms with Crippen LogP contribution in [0.15, 0.2) is 18.3 Å². The first-order valence-electron chi connectivity index (χ1n) is 26.8. The number of halogens is 1. The van der Waals surface area contributed by atoms with Gasteiger partial charge in [-0.25, -0.2) is 18.1 Å². The third-order valence-electron chi connectivity index (χ3n) is 12.5. The largest absolute Gasteiger partial charge is 0.462 e. The lowest BCUT2D eigenvalue weighted by atomic mass is 10.0. The maximum atomic E-state index is 12.9. The van der Waals surface area contributed by atoms with Crippen LogP contribution in [0.25, 0.3) is 0 Å². The zero-order chi connectivity index (χ0) is 46.8. The minimum absolute atomic E-state index is 0.0162. The highest BCUT2D eigenvalue weighted by Gasteiger charge is 2.16. The predicted octanol–water partition coefficient (Wildman–Crippen LogP) is 15.0. The Labute approximate surface area is 399 Å². The molecule has 1 unspecified atom stereocenters. The Bertz CT molecular complexity index is 1320. The number of rotatable bonds is 47. The molecule has 374 valence electrons. The van der Waals surface area contributed by atoms with Gasteiger partial charge in [-0.1, -0.05) is 180 Å². The van der Waals surface area contributed by atoms with E-state index in [0.29, 0.717) is 30.1 Å². The molecule has 0 aliphatic carbocycles. The molecule has 1 aromatic heterocycles. The average molecular weight is 941 g/mol. The first-order chi connectivity index (χ1) is 31.1. The van der Waals surface area contributed by atoms with E-state index in [1.807, 2.05) is 0 Å². The van der Waals surface area contributed by atoms with Crippen LogP contribution in [0.3, 0.4) is 0 Å². The van der Waals surface area contributed by atoms with Crippen molar-refractivity contribution in [3.8, 4) is 0 Å². The third-order valence-corrected chi connectivity index (χ3v) is 14.1. The van der Waals surface area contributed by atoms with E-state index in [0.717, 1.165) is 135 Å². The molecule has 11 heteroatoms. The molecule has 9 nitrogen and oxygen atoms in total. The minimum Gasteiger partial charge on any atom is -0.462 e. The van der Waals surface area contributed by atoms with Crippen molar-refractivity contribution in [2.75, 3.05) is 26.2 Å². The minimum atomic E-state index is -3.48. The number of nitrogens with one attached hydrogen (secondary N) is 1. The van der Waals surface area contributed by atoms with Crippen molar-refractivity contribution in [1.82, 2.24) is 14.6 Å². The van der Waals surface area contributed by atoms with Crippen molar-refractivity contribution in [3.05, 3.63) is 29.0 Å². The Balaban J connectivity index is 2.47. The summed E-state index contributed by atoms with van der Waals surface area (Å²) in [5, 5.41) is 0.342. The summed E-state index contributed by atoms with van der Waals surface area (Å²) in [5.41, 5.74) is 0.608. The smallest absolute Gasteiger partial charge is 0.306 e. The van der Waals surface area contributed by atoms with E-state index in [1.54, 1.807) is 12.1 Å². The molecule has 0 amide bonds. The second kappa shape index (κ2) is 42.6. The zero-order valence-corrected chi connectivity index (χ0v) is 43.4. The van der Waals surface area contributed by atoms with E-state index in [1.165, 1.54) is 103 Å². The van der Waals surface area contributed by atoms with Crippen LogP contribution >= 0.6 is 11.6 Å². The van der Waals surface area contributed by atoms with Crippen molar-refractivity contribution < 1.29 is 27.5 Å². The summed E-state index contributed by atoms with van der Waals surface area (Å²) in [6.45, 7) is 12.0. The van der Waals surface area contributed by atoms with Gasteiger partial charge in [-0.3, -0.25) is 9.59 Å². The molecule has 0 bridgehead atoms. The Morgan fingerprint density at radius 1 is 0.562 bits per heavy atom. The van der Waals surface area contributed by atoms with Crippen LogP contribution in [0.2, 0.25) is 5.15 Å². The van der Waals surface area contributed by atoms with Crippen LogP contribution in [0.5, 0.6) is 0 Å². The number of pyridine rings is 1. The van der Waals surface area contributed by atoms with E-state index >= 15 is 0 Å². The fraction of sp³-hybridized carbons (Fsp3) is 0.868. The topological polar surface area (TPSA) is 115 Å². The Kier molecular flexibility index (Phi) is 40.1. The Morgan fingerprint density at radius 3 is 1.42 bits per heavy atom. The van der Waals surface area contributed by atoms with Crippen LogP contribution in [0, 0.1) is 0 Å². The number of ether oxygens (including phenoxy) is 2. The van der Waals surface area contributed by atoms with Gasteiger partial charge in [0, 0.05) is 25.6 Å². The molecule has 1 heterocycles. The molecule has 0 spiro atoms. The third kappa shape index (κ3) is 37.4. The Hall–Kier alpha value is -1.75. The first kappa shape index (κ1) is 60.3. The number of unbranched alkanes of at least 4 members (excludes halogenated alkanes) is 23. The molecule has 1 rings (SSSR count). The fourth-order valence-electron chi connectivity index (χ4n) is 8.45. The lowest BCUT2D eigenvalue weighted by Gasteiger charge is -2.22. The van der Waals surface area contributed by atoms with Gasteiger partial charge < -0.3 is 14.4 Å². The van der Waals surface area contributed by atoms with E-state index in [-0.39, 0.29) is 29.9 Å². The molecule has 0 aromatic carbocycles. The molecule has 0 aliphatic heterocycles. The number of aromatic nitrogens is 1. The number of hydrogen-bond donors (Lipinski definition) is 1. The van der Waals surface area contributed by atoms with Gasteiger partial charge in [0.15, 0.2) is 0 Å². The highest BCUT2D eigenvalue weighted by Crippen LogP contribution is 2.19.